The summed E-state index contributed by atoms with van der Waals surface area (Å²) in [5.74, 6) is -2.84. The minimum atomic E-state index is -4.26. The number of phenols is 1. The lowest BCUT2D eigenvalue weighted by atomic mass is 10.3. The molecule has 0 saturated carbocycles. The van der Waals surface area contributed by atoms with E-state index in [1.807, 2.05) is 0 Å². The van der Waals surface area contributed by atoms with Crippen LogP contribution in [0.2, 0.25) is 5.02 Å². The van der Waals surface area contributed by atoms with Gasteiger partial charge >= 0.3 is 0 Å². The van der Waals surface area contributed by atoms with Gasteiger partial charge in [0.25, 0.3) is 9.05 Å². The maximum Gasteiger partial charge on any atom is 0.265 e. The number of hydrogen-bond acceptors (Lipinski definition) is 4. The van der Waals surface area contributed by atoms with Crippen LogP contribution in [0, 0.1) is 5.82 Å². The normalized spacial score (nSPS) is 11.5. The van der Waals surface area contributed by atoms with Crippen LogP contribution in [0.4, 0.5) is 4.39 Å². The maximum atomic E-state index is 13.3. The second-order valence-electron chi connectivity index (χ2n) is 2.49. The van der Waals surface area contributed by atoms with Crippen LogP contribution >= 0.6 is 22.3 Å². The van der Waals surface area contributed by atoms with Gasteiger partial charge in [-0.1, -0.05) is 11.6 Å². The van der Waals surface area contributed by atoms with Gasteiger partial charge in [-0.25, -0.2) is 8.42 Å². The van der Waals surface area contributed by atoms with Crippen molar-refractivity contribution >= 4 is 31.3 Å². The molecule has 0 radical (unpaired) electrons. The summed E-state index contributed by atoms with van der Waals surface area (Å²) in [6.07, 6.45) is 0. The van der Waals surface area contributed by atoms with Crippen LogP contribution in [0.1, 0.15) is 0 Å². The van der Waals surface area contributed by atoms with Gasteiger partial charge in [-0.15, -0.1) is 0 Å². The first kappa shape index (κ1) is 12.4. The molecular formula is C7H5Cl2FO4S. The zero-order valence-electron chi connectivity index (χ0n) is 7.29. The summed E-state index contributed by atoms with van der Waals surface area (Å²) in [6, 6.07) is 0.807. The van der Waals surface area contributed by atoms with E-state index in [1.165, 1.54) is 0 Å². The largest absolute Gasteiger partial charge is 0.504 e. The lowest BCUT2D eigenvalue weighted by Crippen LogP contribution is -1.97. The molecule has 0 aromatic heterocycles. The van der Waals surface area contributed by atoms with Gasteiger partial charge < -0.3 is 9.84 Å². The number of aromatic hydroxyl groups is 1. The van der Waals surface area contributed by atoms with E-state index in [1.54, 1.807) is 0 Å². The number of hydrogen-bond donors (Lipinski definition) is 1. The fraction of sp³-hybridized carbons (Fsp3) is 0.143. The van der Waals surface area contributed by atoms with Gasteiger partial charge in [-0.3, -0.25) is 0 Å². The van der Waals surface area contributed by atoms with Crippen molar-refractivity contribution in [2.45, 2.75) is 4.90 Å². The van der Waals surface area contributed by atoms with Crippen LogP contribution in [0.25, 0.3) is 0 Å². The molecule has 0 fully saturated rings. The number of ether oxygens (including phenoxy) is 1. The molecule has 0 unspecified atom stereocenters. The number of methoxy groups -OCH3 is 1. The maximum absolute atomic E-state index is 13.3. The lowest BCUT2D eigenvalue weighted by Gasteiger charge is -2.08. The molecule has 0 amide bonds. The van der Waals surface area contributed by atoms with Gasteiger partial charge in [0.2, 0.25) is 5.82 Å². The third kappa shape index (κ3) is 2.27. The second-order valence-corrected chi connectivity index (χ2v) is 5.43. The summed E-state index contributed by atoms with van der Waals surface area (Å²) in [6.45, 7) is 0. The molecule has 1 N–H and O–H groups in total. The fourth-order valence-corrected chi connectivity index (χ4v) is 2.21. The van der Waals surface area contributed by atoms with E-state index >= 15 is 0 Å². The van der Waals surface area contributed by atoms with Crippen molar-refractivity contribution in [1.29, 1.82) is 0 Å². The molecule has 0 aliphatic rings. The Labute approximate surface area is 94.6 Å². The molecule has 1 aromatic rings. The van der Waals surface area contributed by atoms with Gasteiger partial charge in [0, 0.05) is 10.7 Å². The Morgan fingerprint density at radius 3 is 2.47 bits per heavy atom. The number of phenolic OH excluding ortho intramolecular Hbond substituents is 1. The van der Waals surface area contributed by atoms with E-state index in [2.05, 4.69) is 4.74 Å². The van der Waals surface area contributed by atoms with Crippen LogP contribution in [0.15, 0.2) is 11.0 Å². The Kier molecular flexibility index (Phi) is 3.32. The summed E-state index contributed by atoms with van der Waals surface area (Å²) in [5, 5.41) is 8.89. The monoisotopic (exact) mass is 274 g/mol. The van der Waals surface area contributed by atoms with Crippen LogP contribution in [0.5, 0.6) is 11.5 Å². The molecule has 4 nitrogen and oxygen atoms in total. The van der Waals surface area contributed by atoms with Gasteiger partial charge in [0.1, 0.15) is 4.90 Å². The molecule has 0 spiro atoms. The van der Waals surface area contributed by atoms with Crippen LogP contribution in [-0.2, 0) is 9.05 Å². The molecular weight excluding hydrogens is 270 g/mol. The van der Waals surface area contributed by atoms with Gasteiger partial charge in [-0.05, 0) is 6.07 Å². The topological polar surface area (TPSA) is 63.6 Å². The highest BCUT2D eigenvalue weighted by molar-refractivity contribution is 8.13. The average molecular weight is 275 g/mol. The lowest BCUT2D eigenvalue weighted by molar-refractivity contribution is 0.359. The van der Waals surface area contributed by atoms with Crippen LogP contribution in [-0.4, -0.2) is 20.6 Å². The Bertz CT molecular complexity index is 500. The third-order valence-corrected chi connectivity index (χ3v) is 3.20. The first-order valence-electron chi connectivity index (χ1n) is 3.48. The molecule has 0 aliphatic carbocycles. The predicted molar refractivity (Wildman–Crippen MR) is 52.7 cm³/mol. The van der Waals surface area contributed by atoms with Crippen molar-refractivity contribution in [1.82, 2.24) is 0 Å². The number of rotatable bonds is 2. The molecule has 15 heavy (non-hydrogen) atoms. The Balaban J connectivity index is 3.62. The summed E-state index contributed by atoms with van der Waals surface area (Å²) in [4.78, 5) is -0.799. The smallest absolute Gasteiger partial charge is 0.265 e. The third-order valence-electron chi connectivity index (χ3n) is 1.58. The van der Waals surface area contributed by atoms with Gasteiger partial charge in [-0.2, -0.15) is 4.39 Å². The van der Waals surface area contributed by atoms with Gasteiger partial charge in [0.15, 0.2) is 11.5 Å². The van der Waals surface area contributed by atoms with E-state index in [4.69, 9.17) is 22.3 Å². The van der Waals surface area contributed by atoms with Crippen molar-refractivity contribution in [2.24, 2.45) is 0 Å². The van der Waals surface area contributed by atoms with Crippen molar-refractivity contribution in [3.63, 3.8) is 0 Å². The highest BCUT2D eigenvalue weighted by atomic mass is 35.7. The Morgan fingerprint density at radius 2 is 2.07 bits per heavy atom. The summed E-state index contributed by atoms with van der Waals surface area (Å²) >= 11 is 5.51. The molecule has 0 heterocycles. The molecule has 1 rings (SSSR count). The summed E-state index contributed by atoms with van der Waals surface area (Å²) < 4.78 is 39.6. The van der Waals surface area contributed by atoms with Crippen molar-refractivity contribution in [2.75, 3.05) is 7.11 Å². The number of halogens is 3. The van der Waals surface area contributed by atoms with E-state index in [0.717, 1.165) is 13.2 Å². The molecule has 0 aliphatic heterocycles. The van der Waals surface area contributed by atoms with Crippen LogP contribution < -0.4 is 4.74 Å². The van der Waals surface area contributed by atoms with E-state index in [9.17, 15) is 17.9 Å². The molecule has 0 saturated heterocycles. The van der Waals surface area contributed by atoms with Crippen molar-refractivity contribution in [3.05, 3.63) is 16.9 Å². The van der Waals surface area contributed by atoms with Crippen LogP contribution in [0.3, 0.4) is 0 Å². The fourth-order valence-electron chi connectivity index (χ4n) is 0.943. The molecule has 1 aromatic carbocycles. The standard InChI is InChI=1S/C7H5Cl2FO4S/c1-14-7-3(8)2-4(15(9,12)13)6(11)5(7)10/h2,11H,1H3. The molecule has 84 valence electrons. The zero-order valence-corrected chi connectivity index (χ0v) is 9.62. The summed E-state index contributed by atoms with van der Waals surface area (Å²) in [7, 11) is 1.81. The Hall–Kier alpha value is -0.720. The molecule has 0 atom stereocenters. The average Bonchev–Trinajstić information content (AvgIpc) is 2.10. The van der Waals surface area contributed by atoms with E-state index in [0.29, 0.717) is 0 Å². The first-order chi connectivity index (χ1) is 6.79. The quantitative estimate of drug-likeness (QED) is 0.840. The number of benzene rings is 1. The van der Waals surface area contributed by atoms with Crippen molar-refractivity contribution in [3.8, 4) is 11.5 Å². The zero-order chi connectivity index (χ0) is 11.8. The predicted octanol–water partition coefficient (Wildman–Crippen LogP) is 2.12. The van der Waals surface area contributed by atoms with Gasteiger partial charge in [0.05, 0.1) is 12.1 Å². The SMILES string of the molecule is COc1c(Cl)cc(S(=O)(=O)Cl)c(O)c1F. The Morgan fingerprint density at radius 1 is 1.53 bits per heavy atom. The van der Waals surface area contributed by atoms with E-state index in [-0.39, 0.29) is 5.02 Å². The summed E-state index contributed by atoms with van der Waals surface area (Å²) in [5.41, 5.74) is 0. The minimum absolute atomic E-state index is 0.299. The highest BCUT2D eigenvalue weighted by Crippen LogP contribution is 2.39. The van der Waals surface area contributed by atoms with E-state index < -0.39 is 31.3 Å². The molecule has 0 bridgehead atoms. The minimum Gasteiger partial charge on any atom is -0.504 e. The van der Waals surface area contributed by atoms with Crippen molar-refractivity contribution < 1.29 is 22.7 Å². The highest BCUT2D eigenvalue weighted by Gasteiger charge is 2.24. The first-order valence-corrected chi connectivity index (χ1v) is 6.17. The second kappa shape index (κ2) is 4.03. The molecule has 8 heteroatoms.